The Bertz CT molecular complexity index is 1060. The number of alkyl halides is 3. The summed E-state index contributed by atoms with van der Waals surface area (Å²) in [6.07, 6.45) is -1.81. The third-order valence-corrected chi connectivity index (χ3v) is 7.09. The normalized spacial score (nSPS) is 22.8. The van der Waals surface area contributed by atoms with Crippen molar-refractivity contribution >= 4 is 5.91 Å². The summed E-state index contributed by atoms with van der Waals surface area (Å²) in [5, 5.41) is 7.34. The van der Waals surface area contributed by atoms with E-state index < -0.39 is 24.2 Å². The molecule has 0 radical (unpaired) electrons. The van der Waals surface area contributed by atoms with Crippen molar-refractivity contribution in [2.24, 2.45) is 11.8 Å². The molecule has 2 heterocycles. The van der Waals surface area contributed by atoms with Crippen molar-refractivity contribution in [1.29, 1.82) is 0 Å². The number of hydrogen-bond acceptors (Lipinski definition) is 3. The molecule has 1 saturated carbocycles. The molecule has 1 aliphatic heterocycles. The average Bonchev–Trinajstić information content (AvgIpc) is 3.27. The highest BCUT2D eigenvalue weighted by Crippen LogP contribution is 2.57. The first-order valence-corrected chi connectivity index (χ1v) is 11.3. The second-order valence-electron chi connectivity index (χ2n) is 9.39. The van der Waals surface area contributed by atoms with Crippen molar-refractivity contribution in [2.75, 3.05) is 26.2 Å². The summed E-state index contributed by atoms with van der Waals surface area (Å²) in [5.41, 5.74) is 2.09. The van der Waals surface area contributed by atoms with Gasteiger partial charge in [0.15, 0.2) is 11.5 Å². The summed E-state index contributed by atoms with van der Waals surface area (Å²) in [7, 11) is 0. The van der Waals surface area contributed by atoms with E-state index in [9.17, 15) is 26.7 Å². The molecule has 0 unspecified atom stereocenters. The summed E-state index contributed by atoms with van der Waals surface area (Å²) < 4.78 is 66.5. The zero-order valence-electron chi connectivity index (χ0n) is 18.0. The van der Waals surface area contributed by atoms with Gasteiger partial charge in [-0.2, -0.15) is 18.3 Å². The Labute approximate surface area is 187 Å². The number of halogens is 5. The summed E-state index contributed by atoms with van der Waals surface area (Å²) in [6, 6.07) is 3.32. The molecule has 2 aromatic rings. The Balaban J connectivity index is 1.23. The van der Waals surface area contributed by atoms with Gasteiger partial charge >= 0.3 is 6.18 Å². The molecule has 2 aliphatic carbocycles. The van der Waals surface area contributed by atoms with Crippen LogP contribution in [0.25, 0.3) is 5.69 Å². The van der Waals surface area contributed by atoms with Crippen molar-refractivity contribution in [2.45, 2.75) is 44.2 Å². The van der Waals surface area contributed by atoms with Crippen LogP contribution in [0.4, 0.5) is 22.0 Å². The van der Waals surface area contributed by atoms with Crippen LogP contribution in [-0.4, -0.2) is 52.9 Å². The van der Waals surface area contributed by atoms with E-state index in [1.54, 1.807) is 0 Å². The molecule has 2 atom stereocenters. The van der Waals surface area contributed by atoms with E-state index in [1.807, 2.05) is 4.90 Å². The van der Waals surface area contributed by atoms with E-state index in [-0.39, 0.29) is 35.7 Å². The van der Waals surface area contributed by atoms with Gasteiger partial charge in [0.25, 0.3) is 5.91 Å². The zero-order chi connectivity index (χ0) is 23.3. The van der Waals surface area contributed by atoms with Crippen LogP contribution in [0.3, 0.4) is 0 Å². The Kier molecular flexibility index (Phi) is 5.66. The second kappa shape index (κ2) is 8.38. The molecule has 178 valence electrons. The summed E-state index contributed by atoms with van der Waals surface area (Å²) in [5.74, 6) is -0.845. The van der Waals surface area contributed by atoms with Crippen molar-refractivity contribution in [3.63, 3.8) is 0 Å². The molecule has 10 heteroatoms. The van der Waals surface area contributed by atoms with E-state index in [0.717, 1.165) is 43.0 Å². The van der Waals surface area contributed by atoms with Gasteiger partial charge in [-0.1, -0.05) is 0 Å². The minimum Gasteiger partial charge on any atom is -0.350 e. The number of rotatable bonds is 6. The maximum Gasteiger partial charge on any atom is 0.390 e. The number of amides is 1. The van der Waals surface area contributed by atoms with Crippen molar-refractivity contribution in [1.82, 2.24) is 20.0 Å². The lowest BCUT2D eigenvalue weighted by Crippen LogP contribution is -2.40. The SMILES string of the molecule is O=C(NCC1CCN(CCC(F)(F)F)CC1)c1nn(-c2ccc(F)cc2F)c2c1C[C@H]1C[C@@H]21. The molecule has 2 fully saturated rings. The predicted molar refractivity (Wildman–Crippen MR) is 110 cm³/mol. The number of benzene rings is 1. The van der Waals surface area contributed by atoms with Gasteiger partial charge in [0.2, 0.25) is 0 Å². The second-order valence-corrected chi connectivity index (χ2v) is 9.39. The van der Waals surface area contributed by atoms with Gasteiger partial charge in [0.1, 0.15) is 11.5 Å². The van der Waals surface area contributed by atoms with Crippen LogP contribution in [0.1, 0.15) is 53.3 Å². The van der Waals surface area contributed by atoms with Gasteiger partial charge in [-0.15, -0.1) is 0 Å². The van der Waals surface area contributed by atoms with E-state index in [4.69, 9.17) is 0 Å². The molecular weight excluding hydrogens is 443 g/mol. The molecule has 0 spiro atoms. The van der Waals surface area contributed by atoms with E-state index in [0.29, 0.717) is 25.6 Å². The van der Waals surface area contributed by atoms with E-state index >= 15 is 0 Å². The largest absolute Gasteiger partial charge is 0.390 e. The fourth-order valence-electron chi connectivity index (χ4n) is 5.15. The number of carbonyl (C=O) groups excluding carboxylic acids is 1. The molecule has 1 aromatic carbocycles. The minimum absolute atomic E-state index is 0.00836. The molecule has 1 saturated heterocycles. The Morgan fingerprint density at radius 1 is 1.18 bits per heavy atom. The third kappa shape index (κ3) is 4.62. The van der Waals surface area contributed by atoms with Crippen LogP contribution in [0.5, 0.6) is 0 Å². The smallest absolute Gasteiger partial charge is 0.350 e. The first kappa shape index (κ1) is 22.3. The summed E-state index contributed by atoms with van der Waals surface area (Å²) in [4.78, 5) is 14.8. The molecule has 3 aliphatic rings. The van der Waals surface area contributed by atoms with E-state index in [1.165, 1.54) is 16.8 Å². The highest BCUT2D eigenvalue weighted by atomic mass is 19.4. The monoisotopic (exact) mass is 468 g/mol. The lowest BCUT2D eigenvalue weighted by molar-refractivity contribution is -0.138. The number of nitrogens with one attached hydrogen (secondary N) is 1. The maximum atomic E-state index is 14.4. The number of hydrogen-bond donors (Lipinski definition) is 1. The maximum absolute atomic E-state index is 14.4. The molecule has 1 aromatic heterocycles. The molecule has 5 rings (SSSR count). The van der Waals surface area contributed by atoms with Crippen LogP contribution in [-0.2, 0) is 6.42 Å². The molecule has 0 bridgehead atoms. The summed E-state index contributed by atoms with van der Waals surface area (Å²) in [6.45, 7) is 1.58. The fraction of sp³-hybridized carbons (Fsp3) is 0.565. The molecule has 5 nitrogen and oxygen atoms in total. The highest BCUT2D eigenvalue weighted by molar-refractivity contribution is 5.94. The number of aromatic nitrogens is 2. The zero-order valence-corrected chi connectivity index (χ0v) is 18.0. The standard InChI is InChI=1S/C23H25F5N4O/c24-15-1-2-19(18(25)11-15)32-21-16-9-14(16)10-17(21)20(30-32)22(33)29-12-13-3-6-31(7-4-13)8-5-23(26,27)28/h1-2,11,13-14,16H,3-10,12H2,(H,29,33)/t14-,16-/m1/s1. The Hall–Kier alpha value is -2.49. The van der Waals surface area contributed by atoms with Gasteiger partial charge in [-0.25, -0.2) is 13.5 Å². The van der Waals surface area contributed by atoms with Crippen LogP contribution in [0.15, 0.2) is 18.2 Å². The highest BCUT2D eigenvalue weighted by Gasteiger charge is 2.50. The number of fused-ring (bicyclic) bond motifs is 3. The number of likely N-dealkylation sites (tertiary alicyclic amines) is 1. The number of nitrogens with zero attached hydrogens (tertiary/aromatic N) is 3. The minimum atomic E-state index is -4.15. The first-order chi connectivity index (χ1) is 15.7. The summed E-state index contributed by atoms with van der Waals surface area (Å²) >= 11 is 0. The van der Waals surface area contributed by atoms with Crippen molar-refractivity contribution in [3.05, 3.63) is 46.8 Å². The lowest BCUT2D eigenvalue weighted by atomic mass is 9.96. The molecular formula is C23H25F5N4O. The predicted octanol–water partition coefficient (Wildman–Crippen LogP) is 4.20. The van der Waals surface area contributed by atoms with Gasteiger partial charge < -0.3 is 10.2 Å². The Morgan fingerprint density at radius 2 is 1.94 bits per heavy atom. The molecule has 1 N–H and O–H groups in total. The lowest BCUT2D eigenvalue weighted by Gasteiger charge is -2.32. The van der Waals surface area contributed by atoms with Crippen molar-refractivity contribution in [3.8, 4) is 5.69 Å². The van der Waals surface area contributed by atoms with E-state index in [2.05, 4.69) is 10.4 Å². The van der Waals surface area contributed by atoms with Crippen LogP contribution in [0, 0.1) is 23.5 Å². The van der Waals surface area contributed by atoms with Crippen LogP contribution >= 0.6 is 0 Å². The first-order valence-electron chi connectivity index (χ1n) is 11.3. The van der Waals surface area contributed by atoms with Gasteiger partial charge in [0.05, 0.1) is 12.1 Å². The number of piperidine rings is 1. The molecule has 1 amide bonds. The van der Waals surface area contributed by atoms with Crippen molar-refractivity contribution < 1.29 is 26.7 Å². The van der Waals surface area contributed by atoms with Gasteiger partial charge in [0, 0.05) is 30.6 Å². The topological polar surface area (TPSA) is 50.2 Å². The third-order valence-electron chi connectivity index (χ3n) is 7.09. The number of carbonyl (C=O) groups is 1. The van der Waals surface area contributed by atoms with Crippen LogP contribution < -0.4 is 5.32 Å². The van der Waals surface area contributed by atoms with Crippen LogP contribution in [0.2, 0.25) is 0 Å². The molecule has 33 heavy (non-hydrogen) atoms. The Morgan fingerprint density at radius 3 is 2.64 bits per heavy atom. The average molecular weight is 468 g/mol. The fourth-order valence-corrected chi connectivity index (χ4v) is 5.15. The quantitative estimate of drug-likeness (QED) is 0.647. The van der Waals surface area contributed by atoms with Gasteiger partial charge in [-0.05, 0) is 62.7 Å². The van der Waals surface area contributed by atoms with Gasteiger partial charge in [-0.3, -0.25) is 4.79 Å².